The van der Waals surface area contributed by atoms with Crippen LogP contribution >= 0.6 is 0 Å². The van der Waals surface area contributed by atoms with Gasteiger partial charge in [0.1, 0.15) is 6.61 Å². The number of imide groups is 1. The summed E-state index contributed by atoms with van der Waals surface area (Å²) in [6, 6.07) is 9.88. The molecule has 3 atom stereocenters. The number of hydrogen-bond acceptors (Lipinski definition) is 3. The number of ether oxygens (including phenoxy) is 1. The zero-order valence-electron chi connectivity index (χ0n) is 15.2. The van der Waals surface area contributed by atoms with Crippen LogP contribution in [0.25, 0.3) is 0 Å². The summed E-state index contributed by atoms with van der Waals surface area (Å²) in [5, 5.41) is 0. The molecule has 0 aromatic heterocycles. The van der Waals surface area contributed by atoms with Gasteiger partial charge >= 0.3 is 6.09 Å². The van der Waals surface area contributed by atoms with E-state index in [1.54, 1.807) is 0 Å². The summed E-state index contributed by atoms with van der Waals surface area (Å²) in [5.74, 6) is 2.62. The maximum absolute atomic E-state index is 12.9. The molecule has 1 heterocycles. The van der Waals surface area contributed by atoms with Crippen molar-refractivity contribution in [3.63, 3.8) is 0 Å². The van der Waals surface area contributed by atoms with Crippen molar-refractivity contribution < 1.29 is 14.3 Å². The standard InChI is InChI=1S/C22H27NO3/c24-20(6-7-22-12-16-8-17(13-22)10-18(22)9-16)23-19(14-26-21(23)25)11-15-4-2-1-3-5-15/h1-5,16-19H,6-14H2. The molecule has 1 aromatic carbocycles. The van der Waals surface area contributed by atoms with Gasteiger partial charge in [-0.05, 0) is 73.7 Å². The highest BCUT2D eigenvalue weighted by atomic mass is 16.6. The first-order valence-electron chi connectivity index (χ1n) is 10.2. The van der Waals surface area contributed by atoms with Gasteiger partial charge in [-0.15, -0.1) is 0 Å². The van der Waals surface area contributed by atoms with Gasteiger partial charge in [0.25, 0.3) is 0 Å². The Morgan fingerprint density at radius 3 is 2.58 bits per heavy atom. The molecule has 2 amide bonds. The monoisotopic (exact) mass is 353 g/mol. The molecular formula is C22H27NO3. The molecule has 0 radical (unpaired) electrons. The van der Waals surface area contributed by atoms with Gasteiger partial charge < -0.3 is 4.74 Å². The van der Waals surface area contributed by atoms with Gasteiger partial charge in [0, 0.05) is 6.42 Å². The van der Waals surface area contributed by atoms with E-state index in [1.807, 2.05) is 30.3 Å². The molecule has 5 fully saturated rings. The average molecular weight is 353 g/mol. The van der Waals surface area contributed by atoms with E-state index in [4.69, 9.17) is 4.74 Å². The number of hydrogen-bond donors (Lipinski definition) is 0. The number of cyclic esters (lactones) is 1. The molecule has 4 heteroatoms. The predicted molar refractivity (Wildman–Crippen MR) is 97.4 cm³/mol. The second kappa shape index (κ2) is 6.11. The summed E-state index contributed by atoms with van der Waals surface area (Å²) >= 11 is 0. The molecule has 0 spiro atoms. The third-order valence-electron chi connectivity index (χ3n) is 7.54. The third-order valence-corrected chi connectivity index (χ3v) is 7.54. The predicted octanol–water partition coefficient (Wildman–Crippen LogP) is 4.18. The summed E-state index contributed by atoms with van der Waals surface area (Å²) in [6.45, 7) is 0.317. The molecule has 138 valence electrons. The van der Waals surface area contributed by atoms with Crippen LogP contribution in [0.4, 0.5) is 4.79 Å². The third kappa shape index (κ3) is 2.65. The molecule has 4 bridgehead atoms. The molecule has 0 N–H and O–H groups in total. The fourth-order valence-corrected chi connectivity index (χ4v) is 6.65. The van der Waals surface area contributed by atoms with Gasteiger partial charge in [-0.1, -0.05) is 30.3 Å². The van der Waals surface area contributed by atoms with Crippen molar-refractivity contribution in [2.24, 2.45) is 23.2 Å². The summed E-state index contributed by atoms with van der Waals surface area (Å²) < 4.78 is 5.22. The van der Waals surface area contributed by atoms with Crippen molar-refractivity contribution in [1.29, 1.82) is 0 Å². The second-order valence-electron chi connectivity index (χ2n) is 9.09. The molecule has 3 unspecified atom stereocenters. The number of amides is 2. The minimum atomic E-state index is -0.453. The molecule has 4 saturated carbocycles. The van der Waals surface area contributed by atoms with E-state index in [9.17, 15) is 9.59 Å². The van der Waals surface area contributed by atoms with Gasteiger partial charge in [0.2, 0.25) is 5.91 Å². The van der Waals surface area contributed by atoms with Crippen LogP contribution in [-0.2, 0) is 16.0 Å². The van der Waals surface area contributed by atoms with Crippen molar-refractivity contribution >= 4 is 12.0 Å². The zero-order chi connectivity index (χ0) is 17.7. The molecule has 6 rings (SSSR count). The molecule has 4 aliphatic carbocycles. The minimum absolute atomic E-state index is 0.0333. The Morgan fingerprint density at radius 2 is 1.85 bits per heavy atom. The molecular weight excluding hydrogens is 326 g/mol. The summed E-state index contributed by atoms with van der Waals surface area (Å²) in [5.41, 5.74) is 1.54. The lowest BCUT2D eigenvalue weighted by atomic mass is 9.73. The minimum Gasteiger partial charge on any atom is -0.447 e. The Balaban J connectivity index is 1.25. The van der Waals surface area contributed by atoms with Crippen LogP contribution in [0.2, 0.25) is 0 Å². The Morgan fingerprint density at radius 1 is 1.12 bits per heavy atom. The van der Waals surface area contributed by atoms with Crippen LogP contribution in [0.5, 0.6) is 0 Å². The summed E-state index contributed by atoms with van der Waals surface area (Å²) in [7, 11) is 0. The zero-order valence-corrected chi connectivity index (χ0v) is 15.2. The molecule has 1 aliphatic heterocycles. The lowest BCUT2D eigenvalue weighted by Crippen LogP contribution is -2.40. The van der Waals surface area contributed by atoms with Crippen molar-refractivity contribution in [3.8, 4) is 0 Å². The highest BCUT2D eigenvalue weighted by Crippen LogP contribution is 2.67. The Labute approximate surface area is 154 Å². The van der Waals surface area contributed by atoms with Gasteiger partial charge in [-0.2, -0.15) is 0 Å². The largest absolute Gasteiger partial charge is 0.447 e. The number of rotatable bonds is 5. The summed E-state index contributed by atoms with van der Waals surface area (Å²) in [6.07, 6.45) is 8.51. The molecule has 4 nitrogen and oxygen atoms in total. The number of carbonyl (C=O) groups is 2. The van der Waals surface area contributed by atoms with E-state index < -0.39 is 6.09 Å². The molecule has 1 saturated heterocycles. The second-order valence-corrected chi connectivity index (χ2v) is 9.09. The SMILES string of the molecule is O=C(CCC12CC3CC(CC1C3)C2)N1C(=O)OCC1Cc1ccccc1. The van der Waals surface area contributed by atoms with E-state index in [1.165, 1.54) is 37.0 Å². The van der Waals surface area contributed by atoms with Crippen molar-refractivity contribution in [2.45, 2.75) is 57.4 Å². The Kier molecular flexibility index (Phi) is 3.84. The quantitative estimate of drug-likeness (QED) is 0.798. The van der Waals surface area contributed by atoms with Crippen molar-refractivity contribution in [3.05, 3.63) is 35.9 Å². The van der Waals surface area contributed by atoms with Crippen LogP contribution in [-0.4, -0.2) is 29.5 Å². The highest BCUT2D eigenvalue weighted by Gasteiger charge is 2.57. The van der Waals surface area contributed by atoms with Gasteiger partial charge in [-0.3, -0.25) is 4.79 Å². The first-order valence-corrected chi connectivity index (χ1v) is 10.2. The highest BCUT2D eigenvalue weighted by molar-refractivity contribution is 5.93. The van der Waals surface area contributed by atoms with Crippen LogP contribution in [0.15, 0.2) is 30.3 Å². The van der Waals surface area contributed by atoms with Crippen LogP contribution in [0, 0.1) is 23.2 Å². The van der Waals surface area contributed by atoms with Gasteiger partial charge in [0.15, 0.2) is 0 Å². The summed E-state index contributed by atoms with van der Waals surface area (Å²) in [4.78, 5) is 26.5. The van der Waals surface area contributed by atoms with E-state index in [0.717, 1.165) is 29.7 Å². The average Bonchev–Trinajstić information content (AvgIpc) is 3.20. The smallest absolute Gasteiger partial charge is 0.416 e. The topological polar surface area (TPSA) is 46.6 Å². The van der Waals surface area contributed by atoms with E-state index in [0.29, 0.717) is 24.9 Å². The molecule has 5 aliphatic rings. The number of nitrogens with zero attached hydrogens (tertiary/aromatic N) is 1. The van der Waals surface area contributed by atoms with E-state index >= 15 is 0 Å². The van der Waals surface area contributed by atoms with Crippen molar-refractivity contribution in [1.82, 2.24) is 4.90 Å². The first-order chi connectivity index (χ1) is 12.6. The van der Waals surface area contributed by atoms with Gasteiger partial charge in [0.05, 0.1) is 6.04 Å². The van der Waals surface area contributed by atoms with Crippen LogP contribution < -0.4 is 0 Å². The van der Waals surface area contributed by atoms with E-state index in [-0.39, 0.29) is 11.9 Å². The first kappa shape index (κ1) is 16.3. The lowest BCUT2D eigenvalue weighted by Gasteiger charge is -2.33. The maximum atomic E-state index is 12.9. The fourth-order valence-electron chi connectivity index (χ4n) is 6.65. The molecule has 26 heavy (non-hydrogen) atoms. The Hall–Kier alpha value is -1.84. The van der Waals surface area contributed by atoms with Crippen LogP contribution in [0.3, 0.4) is 0 Å². The molecule has 1 aromatic rings. The van der Waals surface area contributed by atoms with Gasteiger partial charge in [-0.25, -0.2) is 9.69 Å². The Bertz CT molecular complexity index is 701. The maximum Gasteiger partial charge on any atom is 0.416 e. The van der Waals surface area contributed by atoms with Crippen LogP contribution in [0.1, 0.15) is 50.5 Å². The van der Waals surface area contributed by atoms with E-state index in [2.05, 4.69) is 0 Å². The fraction of sp³-hybridized carbons (Fsp3) is 0.636. The normalized spacial score (nSPS) is 37.4. The number of benzene rings is 1. The lowest BCUT2D eigenvalue weighted by molar-refractivity contribution is -0.130. The number of carbonyl (C=O) groups excluding carboxylic acids is 2. The van der Waals surface area contributed by atoms with Crippen molar-refractivity contribution in [2.75, 3.05) is 6.61 Å².